The molecule has 9 heteroatoms. The summed E-state index contributed by atoms with van der Waals surface area (Å²) in [6.07, 6.45) is 2.54. The first-order valence-electron chi connectivity index (χ1n) is 8.76. The van der Waals surface area contributed by atoms with Gasteiger partial charge in [-0.2, -0.15) is 0 Å². The largest absolute Gasteiger partial charge is 0.493 e. The van der Waals surface area contributed by atoms with E-state index in [1.54, 1.807) is 32.5 Å². The second kappa shape index (κ2) is 8.75. The molecule has 2 heterocycles. The maximum absolute atomic E-state index is 12.4. The lowest BCUT2D eigenvalue weighted by Gasteiger charge is -2.07. The van der Waals surface area contributed by atoms with Crippen molar-refractivity contribution in [2.24, 2.45) is 0 Å². The van der Waals surface area contributed by atoms with Gasteiger partial charge in [0.25, 0.3) is 5.91 Å². The molecule has 0 unspecified atom stereocenters. The monoisotopic (exact) mass is 402 g/mol. The van der Waals surface area contributed by atoms with Crippen LogP contribution in [0.4, 0.5) is 5.13 Å². The fourth-order valence-corrected chi connectivity index (χ4v) is 3.47. The molecular formula is C19H22N4O4S. The van der Waals surface area contributed by atoms with Gasteiger partial charge in [0.2, 0.25) is 5.91 Å². The van der Waals surface area contributed by atoms with E-state index in [0.29, 0.717) is 41.7 Å². The molecule has 3 N–H and O–H groups in total. The number of nitrogens with one attached hydrogen (secondary N) is 3. The van der Waals surface area contributed by atoms with E-state index in [2.05, 4.69) is 20.6 Å². The number of H-pyrrole nitrogens is 1. The zero-order chi connectivity index (χ0) is 20.1. The van der Waals surface area contributed by atoms with E-state index in [1.165, 1.54) is 11.3 Å². The van der Waals surface area contributed by atoms with Gasteiger partial charge in [-0.1, -0.05) is 0 Å². The van der Waals surface area contributed by atoms with Gasteiger partial charge in [-0.15, -0.1) is 11.3 Å². The number of aromatic amines is 1. The number of amides is 2. The van der Waals surface area contributed by atoms with Gasteiger partial charge in [0.1, 0.15) is 5.69 Å². The first-order chi connectivity index (χ1) is 13.5. The Hall–Kier alpha value is -3.07. The second-order valence-electron chi connectivity index (χ2n) is 6.13. The van der Waals surface area contributed by atoms with E-state index in [4.69, 9.17) is 9.47 Å². The molecule has 0 saturated carbocycles. The summed E-state index contributed by atoms with van der Waals surface area (Å²) in [5.41, 5.74) is 1.20. The molecule has 3 aromatic rings. The predicted molar refractivity (Wildman–Crippen MR) is 108 cm³/mol. The number of fused-ring (bicyclic) bond motifs is 1. The Kier molecular flexibility index (Phi) is 6.15. The fourth-order valence-electron chi connectivity index (χ4n) is 2.79. The SMILES string of the molecule is COc1ccc2[nH]c(C(=O)NCCCC(=O)Nc3ncc(C)s3)cc2c1OC. The topological polar surface area (TPSA) is 105 Å². The molecule has 0 bridgehead atoms. The van der Waals surface area contributed by atoms with Crippen LogP contribution in [-0.2, 0) is 4.79 Å². The van der Waals surface area contributed by atoms with Crippen molar-refractivity contribution in [2.75, 3.05) is 26.1 Å². The van der Waals surface area contributed by atoms with Crippen LogP contribution in [0.3, 0.4) is 0 Å². The smallest absolute Gasteiger partial charge is 0.267 e. The Bertz CT molecular complexity index is 995. The number of rotatable bonds is 8. The number of hydrogen-bond donors (Lipinski definition) is 3. The first-order valence-corrected chi connectivity index (χ1v) is 9.57. The summed E-state index contributed by atoms with van der Waals surface area (Å²) < 4.78 is 10.7. The Balaban J connectivity index is 1.53. The molecule has 3 rings (SSSR count). The Labute approximate surface area is 166 Å². The van der Waals surface area contributed by atoms with Gasteiger partial charge in [0.15, 0.2) is 16.6 Å². The van der Waals surface area contributed by atoms with Gasteiger partial charge in [-0.3, -0.25) is 9.59 Å². The van der Waals surface area contributed by atoms with Crippen molar-refractivity contribution in [3.8, 4) is 11.5 Å². The third-order valence-corrected chi connectivity index (χ3v) is 4.95. The predicted octanol–water partition coefficient (Wildman–Crippen LogP) is 3.10. The number of anilines is 1. The molecule has 2 aromatic heterocycles. The van der Waals surface area contributed by atoms with Crippen LogP contribution in [0.1, 0.15) is 28.2 Å². The Morgan fingerprint density at radius 1 is 1.25 bits per heavy atom. The molecule has 1 aromatic carbocycles. The van der Waals surface area contributed by atoms with Gasteiger partial charge >= 0.3 is 0 Å². The number of carbonyl (C=O) groups excluding carboxylic acids is 2. The molecule has 0 aliphatic carbocycles. The van der Waals surface area contributed by atoms with E-state index in [0.717, 1.165) is 15.8 Å². The van der Waals surface area contributed by atoms with Crippen molar-refractivity contribution in [1.29, 1.82) is 0 Å². The molecule has 0 saturated heterocycles. The van der Waals surface area contributed by atoms with Crippen LogP contribution < -0.4 is 20.1 Å². The Morgan fingerprint density at radius 2 is 2.07 bits per heavy atom. The highest BCUT2D eigenvalue weighted by Crippen LogP contribution is 2.35. The van der Waals surface area contributed by atoms with E-state index >= 15 is 0 Å². The molecule has 0 aliphatic heterocycles. The maximum Gasteiger partial charge on any atom is 0.267 e. The summed E-state index contributed by atoms with van der Waals surface area (Å²) in [4.78, 5) is 32.5. The molecule has 0 fully saturated rings. The Morgan fingerprint density at radius 3 is 2.75 bits per heavy atom. The average Bonchev–Trinajstić information content (AvgIpc) is 3.30. The fraction of sp³-hybridized carbons (Fsp3) is 0.316. The van der Waals surface area contributed by atoms with Crippen LogP contribution >= 0.6 is 11.3 Å². The van der Waals surface area contributed by atoms with Gasteiger partial charge < -0.3 is 25.1 Å². The molecule has 0 atom stereocenters. The summed E-state index contributed by atoms with van der Waals surface area (Å²) >= 11 is 1.43. The standard InChI is InChI=1S/C19H22N4O4S/c1-11-10-21-19(28-11)23-16(24)5-4-8-20-18(25)14-9-12-13(22-14)6-7-15(26-2)17(12)27-3/h6-7,9-10,22H,4-5,8H2,1-3H3,(H,20,25)(H,21,23,24). The molecule has 28 heavy (non-hydrogen) atoms. The highest BCUT2D eigenvalue weighted by Gasteiger charge is 2.15. The molecule has 8 nitrogen and oxygen atoms in total. The average molecular weight is 402 g/mol. The van der Waals surface area contributed by atoms with Crippen LogP contribution in [0.2, 0.25) is 0 Å². The van der Waals surface area contributed by atoms with Gasteiger partial charge in [-0.25, -0.2) is 4.98 Å². The van der Waals surface area contributed by atoms with Gasteiger partial charge in [0.05, 0.1) is 19.7 Å². The van der Waals surface area contributed by atoms with Crippen molar-refractivity contribution in [1.82, 2.24) is 15.3 Å². The molecular weight excluding hydrogens is 380 g/mol. The normalized spacial score (nSPS) is 10.7. The molecule has 0 aliphatic rings. The van der Waals surface area contributed by atoms with Crippen LogP contribution in [-0.4, -0.2) is 42.5 Å². The zero-order valence-corrected chi connectivity index (χ0v) is 16.7. The summed E-state index contributed by atoms with van der Waals surface area (Å²) in [6, 6.07) is 5.34. The number of ether oxygens (including phenoxy) is 2. The minimum atomic E-state index is -0.242. The lowest BCUT2D eigenvalue weighted by Crippen LogP contribution is -2.25. The number of thiazole rings is 1. The number of nitrogens with zero attached hydrogens (tertiary/aromatic N) is 1. The summed E-state index contributed by atoms with van der Waals surface area (Å²) in [6.45, 7) is 2.32. The highest BCUT2D eigenvalue weighted by atomic mass is 32.1. The lowest BCUT2D eigenvalue weighted by atomic mass is 10.2. The number of carbonyl (C=O) groups is 2. The quantitative estimate of drug-likeness (QED) is 0.502. The summed E-state index contributed by atoms with van der Waals surface area (Å²) in [5.74, 6) is 0.811. The summed E-state index contributed by atoms with van der Waals surface area (Å²) in [5, 5.41) is 6.92. The zero-order valence-electron chi connectivity index (χ0n) is 15.9. The van der Waals surface area contributed by atoms with Crippen LogP contribution in [0, 0.1) is 6.92 Å². The van der Waals surface area contributed by atoms with Crippen molar-refractivity contribution >= 4 is 39.2 Å². The van der Waals surface area contributed by atoms with E-state index in [-0.39, 0.29) is 11.8 Å². The second-order valence-corrected chi connectivity index (χ2v) is 7.36. The van der Waals surface area contributed by atoms with E-state index < -0.39 is 0 Å². The van der Waals surface area contributed by atoms with Crippen LogP contribution in [0.25, 0.3) is 10.9 Å². The van der Waals surface area contributed by atoms with Crippen LogP contribution in [0.5, 0.6) is 11.5 Å². The number of aryl methyl sites for hydroxylation is 1. The molecule has 2 amide bonds. The highest BCUT2D eigenvalue weighted by molar-refractivity contribution is 7.15. The van der Waals surface area contributed by atoms with Crippen molar-refractivity contribution in [2.45, 2.75) is 19.8 Å². The van der Waals surface area contributed by atoms with E-state index in [9.17, 15) is 9.59 Å². The van der Waals surface area contributed by atoms with Crippen LogP contribution in [0.15, 0.2) is 24.4 Å². The van der Waals surface area contributed by atoms with Gasteiger partial charge in [-0.05, 0) is 31.5 Å². The third-order valence-electron chi connectivity index (χ3n) is 4.12. The third kappa shape index (κ3) is 4.42. The molecule has 0 radical (unpaired) electrons. The number of benzene rings is 1. The first kappa shape index (κ1) is 19.7. The van der Waals surface area contributed by atoms with E-state index in [1.807, 2.05) is 13.0 Å². The van der Waals surface area contributed by atoms with Crippen molar-refractivity contribution < 1.29 is 19.1 Å². The van der Waals surface area contributed by atoms with Crippen molar-refractivity contribution in [3.63, 3.8) is 0 Å². The molecule has 148 valence electrons. The number of hydrogen-bond acceptors (Lipinski definition) is 6. The number of aromatic nitrogens is 2. The minimum absolute atomic E-state index is 0.119. The molecule has 0 spiro atoms. The minimum Gasteiger partial charge on any atom is -0.493 e. The van der Waals surface area contributed by atoms with Gasteiger partial charge in [0, 0.05) is 29.4 Å². The number of methoxy groups -OCH3 is 2. The maximum atomic E-state index is 12.4. The summed E-state index contributed by atoms with van der Waals surface area (Å²) in [7, 11) is 3.12. The van der Waals surface area contributed by atoms with Crippen molar-refractivity contribution in [3.05, 3.63) is 35.0 Å². The lowest BCUT2D eigenvalue weighted by molar-refractivity contribution is -0.116.